The fourth-order valence-corrected chi connectivity index (χ4v) is 3.81. The van der Waals surface area contributed by atoms with Gasteiger partial charge in [-0.3, -0.25) is 4.79 Å². The van der Waals surface area contributed by atoms with Gasteiger partial charge in [-0.15, -0.1) is 11.3 Å². The van der Waals surface area contributed by atoms with Gasteiger partial charge >= 0.3 is 7.12 Å². The summed E-state index contributed by atoms with van der Waals surface area (Å²) >= 11 is 1.47. The summed E-state index contributed by atoms with van der Waals surface area (Å²) in [5, 5.41) is 2.60. The van der Waals surface area contributed by atoms with Crippen LogP contribution in [0.2, 0.25) is 0 Å². The Balaban J connectivity index is 1.68. The molecule has 4 rings (SSSR count). The van der Waals surface area contributed by atoms with Crippen LogP contribution in [0, 0.1) is 0 Å². The van der Waals surface area contributed by atoms with Crippen molar-refractivity contribution in [3.05, 3.63) is 46.3 Å². The highest BCUT2D eigenvalue weighted by molar-refractivity contribution is 7.17. The lowest BCUT2D eigenvalue weighted by atomic mass is 9.78. The van der Waals surface area contributed by atoms with Crippen molar-refractivity contribution in [2.45, 2.75) is 38.9 Å². The van der Waals surface area contributed by atoms with Crippen LogP contribution in [-0.4, -0.2) is 28.3 Å². The van der Waals surface area contributed by atoms with Gasteiger partial charge < -0.3 is 14.3 Å². The molecule has 0 saturated carbocycles. The zero-order valence-electron chi connectivity index (χ0n) is 14.6. The molecule has 25 heavy (non-hydrogen) atoms. The predicted octanol–water partition coefficient (Wildman–Crippen LogP) is 2.95. The number of aromatic nitrogens is 2. The van der Waals surface area contributed by atoms with Crippen LogP contribution < -0.4 is 11.0 Å². The molecule has 1 saturated heterocycles. The Morgan fingerprint density at radius 2 is 1.72 bits per heavy atom. The minimum atomic E-state index is -0.386. The molecule has 2 aromatic heterocycles. The van der Waals surface area contributed by atoms with Gasteiger partial charge in [0.25, 0.3) is 5.56 Å². The number of thiophene rings is 1. The first-order chi connectivity index (χ1) is 11.8. The molecule has 128 valence electrons. The van der Waals surface area contributed by atoms with Crippen molar-refractivity contribution in [1.29, 1.82) is 0 Å². The molecule has 0 spiro atoms. The number of hydrogen-bond donors (Lipinski definition) is 1. The van der Waals surface area contributed by atoms with Crippen molar-refractivity contribution < 1.29 is 9.31 Å². The molecule has 1 aliphatic rings. The van der Waals surface area contributed by atoms with Crippen LogP contribution in [0.5, 0.6) is 0 Å². The zero-order valence-corrected chi connectivity index (χ0v) is 15.4. The SMILES string of the molecule is CC1(C)OB(c2ccc(-c3csc4nc[nH]c(=O)c34)cc2)OC1(C)C. The number of nitrogens with zero attached hydrogens (tertiary/aromatic N) is 1. The van der Waals surface area contributed by atoms with E-state index >= 15 is 0 Å². The van der Waals surface area contributed by atoms with E-state index in [9.17, 15) is 4.79 Å². The highest BCUT2D eigenvalue weighted by Crippen LogP contribution is 2.36. The first kappa shape index (κ1) is 16.5. The number of hydrogen-bond acceptors (Lipinski definition) is 5. The van der Waals surface area contributed by atoms with Crippen molar-refractivity contribution in [1.82, 2.24) is 9.97 Å². The quantitative estimate of drug-likeness (QED) is 0.719. The Hall–Kier alpha value is -1.96. The Bertz CT molecular complexity index is 975. The van der Waals surface area contributed by atoms with E-state index in [1.54, 1.807) is 0 Å². The van der Waals surface area contributed by atoms with E-state index in [1.165, 1.54) is 17.7 Å². The lowest BCUT2D eigenvalue weighted by Crippen LogP contribution is -2.41. The van der Waals surface area contributed by atoms with Crippen LogP contribution >= 0.6 is 11.3 Å². The Kier molecular flexibility index (Phi) is 3.65. The highest BCUT2D eigenvalue weighted by atomic mass is 32.1. The van der Waals surface area contributed by atoms with Crippen molar-refractivity contribution >= 4 is 34.1 Å². The predicted molar refractivity (Wildman–Crippen MR) is 101 cm³/mol. The van der Waals surface area contributed by atoms with Crippen molar-refractivity contribution in [3.63, 3.8) is 0 Å². The summed E-state index contributed by atoms with van der Waals surface area (Å²) < 4.78 is 12.2. The van der Waals surface area contributed by atoms with Crippen molar-refractivity contribution in [3.8, 4) is 11.1 Å². The summed E-state index contributed by atoms with van der Waals surface area (Å²) in [7, 11) is -0.386. The highest BCUT2D eigenvalue weighted by Gasteiger charge is 2.51. The third-order valence-corrected chi connectivity index (χ3v) is 6.01. The fourth-order valence-electron chi connectivity index (χ4n) is 2.90. The second kappa shape index (κ2) is 5.52. The van der Waals surface area contributed by atoms with Crippen LogP contribution in [0.3, 0.4) is 0 Å². The topological polar surface area (TPSA) is 64.2 Å². The number of fused-ring (bicyclic) bond motifs is 1. The van der Waals surface area contributed by atoms with Gasteiger partial charge in [0, 0.05) is 10.9 Å². The second-order valence-electron chi connectivity index (χ2n) is 7.27. The monoisotopic (exact) mass is 354 g/mol. The van der Waals surface area contributed by atoms with Gasteiger partial charge in [-0.1, -0.05) is 24.3 Å². The minimum absolute atomic E-state index is 0.115. The lowest BCUT2D eigenvalue weighted by molar-refractivity contribution is 0.00578. The Morgan fingerprint density at radius 3 is 2.36 bits per heavy atom. The average Bonchev–Trinajstić information content (AvgIpc) is 3.07. The normalized spacial score (nSPS) is 18.8. The molecule has 1 fully saturated rings. The molecular formula is C18H19BN2O3S. The Morgan fingerprint density at radius 1 is 1.08 bits per heavy atom. The smallest absolute Gasteiger partial charge is 0.399 e. The summed E-state index contributed by atoms with van der Waals surface area (Å²) in [6.45, 7) is 8.16. The van der Waals surface area contributed by atoms with Gasteiger partial charge in [-0.25, -0.2) is 4.98 Å². The molecule has 1 aliphatic heterocycles. The van der Waals surface area contributed by atoms with Crippen molar-refractivity contribution in [2.24, 2.45) is 0 Å². The Labute approximate surface area is 150 Å². The first-order valence-electron chi connectivity index (χ1n) is 8.19. The number of nitrogens with one attached hydrogen (secondary N) is 1. The van der Waals surface area contributed by atoms with Gasteiger partial charge in [0.15, 0.2) is 0 Å². The molecule has 0 atom stereocenters. The molecule has 0 aliphatic carbocycles. The number of aromatic amines is 1. The van der Waals surface area contributed by atoms with E-state index in [4.69, 9.17) is 9.31 Å². The van der Waals surface area contributed by atoms with Gasteiger partial charge in [0.2, 0.25) is 0 Å². The van der Waals surface area contributed by atoms with E-state index in [2.05, 4.69) is 9.97 Å². The van der Waals surface area contributed by atoms with E-state index in [1.807, 2.05) is 57.3 Å². The number of H-pyrrole nitrogens is 1. The molecular weight excluding hydrogens is 335 g/mol. The summed E-state index contributed by atoms with van der Waals surface area (Å²) in [4.78, 5) is 19.7. The molecule has 5 nitrogen and oxygen atoms in total. The summed E-state index contributed by atoms with van der Waals surface area (Å²) in [5.74, 6) is 0. The largest absolute Gasteiger partial charge is 0.494 e. The maximum atomic E-state index is 12.1. The molecule has 3 heterocycles. The number of benzene rings is 1. The second-order valence-corrected chi connectivity index (χ2v) is 8.13. The third kappa shape index (κ3) is 2.63. The molecule has 0 radical (unpaired) electrons. The fraction of sp³-hybridized carbons (Fsp3) is 0.333. The van der Waals surface area contributed by atoms with Crippen LogP contribution in [-0.2, 0) is 9.31 Å². The lowest BCUT2D eigenvalue weighted by Gasteiger charge is -2.32. The van der Waals surface area contributed by atoms with E-state index < -0.39 is 0 Å². The molecule has 0 amide bonds. The summed E-state index contributed by atoms with van der Waals surface area (Å²) in [6.07, 6.45) is 1.44. The van der Waals surface area contributed by atoms with E-state index in [0.717, 1.165) is 21.4 Å². The summed E-state index contributed by atoms with van der Waals surface area (Å²) in [5.41, 5.74) is 2.00. The van der Waals surface area contributed by atoms with Crippen LogP contribution in [0.15, 0.2) is 40.8 Å². The standard InChI is InChI=1S/C18H19BN2O3S/c1-17(2)18(3,4)24-19(23-17)12-7-5-11(6-8-12)13-9-25-16-14(13)15(22)20-10-21-16/h5-10H,1-4H3,(H,20,21,22). The molecule has 7 heteroatoms. The van der Waals surface area contributed by atoms with Gasteiger partial charge in [0.05, 0.1) is 22.9 Å². The van der Waals surface area contributed by atoms with Crippen LogP contribution in [0.1, 0.15) is 27.7 Å². The number of rotatable bonds is 2. The molecule has 1 N–H and O–H groups in total. The third-order valence-electron chi connectivity index (χ3n) is 5.12. The average molecular weight is 354 g/mol. The van der Waals surface area contributed by atoms with Crippen molar-refractivity contribution in [2.75, 3.05) is 0 Å². The molecule has 0 unspecified atom stereocenters. The van der Waals surface area contributed by atoms with E-state index in [0.29, 0.717) is 5.39 Å². The zero-order chi connectivity index (χ0) is 17.8. The van der Waals surface area contributed by atoms with Crippen LogP contribution in [0.4, 0.5) is 0 Å². The van der Waals surface area contributed by atoms with Gasteiger partial charge in [-0.2, -0.15) is 0 Å². The molecule has 1 aromatic carbocycles. The van der Waals surface area contributed by atoms with Crippen LogP contribution in [0.25, 0.3) is 21.3 Å². The molecule has 0 bridgehead atoms. The van der Waals surface area contributed by atoms with Gasteiger partial charge in [0.1, 0.15) is 4.83 Å². The summed E-state index contributed by atoms with van der Waals surface area (Å²) in [6, 6.07) is 7.97. The van der Waals surface area contributed by atoms with Gasteiger partial charge in [-0.05, 0) is 38.7 Å². The first-order valence-corrected chi connectivity index (χ1v) is 9.07. The molecule has 3 aromatic rings. The maximum absolute atomic E-state index is 12.1. The maximum Gasteiger partial charge on any atom is 0.494 e. The van der Waals surface area contributed by atoms with E-state index in [-0.39, 0.29) is 23.9 Å². The minimum Gasteiger partial charge on any atom is -0.399 e.